The highest BCUT2D eigenvalue weighted by molar-refractivity contribution is 7.71. The average Bonchev–Trinajstić information content (AvgIpc) is 2.77. The molecule has 5 nitrogen and oxygen atoms in total. The molecule has 1 unspecified atom stereocenters. The number of quaternary nitrogens is 1. The topological polar surface area (TPSA) is 40.1 Å². The van der Waals surface area contributed by atoms with Crippen LogP contribution in [-0.2, 0) is 13.7 Å². The van der Waals surface area contributed by atoms with Crippen LogP contribution in [0.5, 0.6) is 0 Å². The molecule has 0 bridgehead atoms. The molecule has 0 saturated carbocycles. The van der Waals surface area contributed by atoms with E-state index in [2.05, 4.69) is 11.9 Å². The highest BCUT2D eigenvalue weighted by Crippen LogP contribution is 2.15. The summed E-state index contributed by atoms with van der Waals surface area (Å²) in [5.74, 6) is 1.71. The molecule has 1 N–H and O–H groups in total. The van der Waals surface area contributed by atoms with Crippen molar-refractivity contribution in [2.75, 3.05) is 13.1 Å². The fourth-order valence-corrected chi connectivity index (χ4v) is 3.29. The number of nitrogens with one attached hydrogen (secondary N) is 1. The summed E-state index contributed by atoms with van der Waals surface area (Å²) in [7, 11) is 1.98. The van der Waals surface area contributed by atoms with Crippen LogP contribution in [0.4, 0.5) is 0 Å². The maximum atomic E-state index is 5.55. The van der Waals surface area contributed by atoms with Crippen LogP contribution in [0.1, 0.15) is 19.8 Å². The fourth-order valence-electron chi connectivity index (χ4n) is 3.10. The van der Waals surface area contributed by atoms with Gasteiger partial charge < -0.3 is 9.47 Å². The maximum Gasteiger partial charge on any atom is 0.202 e. The minimum atomic E-state index is 0.785. The molecule has 1 aliphatic rings. The smallest absolute Gasteiger partial charge is 0.202 e. The van der Waals surface area contributed by atoms with Crippen molar-refractivity contribution in [3.8, 4) is 11.4 Å². The molecule has 2 aromatic heterocycles. The van der Waals surface area contributed by atoms with Gasteiger partial charge in [0.2, 0.25) is 4.77 Å². The summed E-state index contributed by atoms with van der Waals surface area (Å²) in [5, 5.41) is 4.73. The van der Waals surface area contributed by atoms with Gasteiger partial charge in [0.15, 0.2) is 12.5 Å². The first-order valence-corrected chi connectivity index (χ1v) is 7.94. The lowest BCUT2D eigenvalue weighted by molar-refractivity contribution is -0.931. The molecule has 1 saturated heterocycles. The van der Waals surface area contributed by atoms with Crippen LogP contribution in [0.2, 0.25) is 0 Å². The van der Waals surface area contributed by atoms with E-state index in [0.29, 0.717) is 0 Å². The lowest BCUT2D eigenvalue weighted by Gasteiger charge is -2.27. The van der Waals surface area contributed by atoms with Crippen molar-refractivity contribution in [3.63, 3.8) is 0 Å². The van der Waals surface area contributed by atoms with Crippen LogP contribution < -0.4 is 4.90 Å². The molecule has 0 spiro atoms. The van der Waals surface area contributed by atoms with E-state index >= 15 is 0 Å². The van der Waals surface area contributed by atoms with Gasteiger partial charge in [0, 0.05) is 30.9 Å². The summed E-state index contributed by atoms with van der Waals surface area (Å²) >= 11 is 5.55. The molecule has 6 heteroatoms. The first-order valence-electron chi connectivity index (χ1n) is 7.53. The molecule has 21 heavy (non-hydrogen) atoms. The predicted octanol–water partition coefficient (Wildman–Crippen LogP) is 1.29. The third-order valence-electron chi connectivity index (χ3n) is 4.22. The number of hydrogen-bond acceptors (Lipinski definition) is 3. The van der Waals surface area contributed by atoms with Gasteiger partial charge in [0.05, 0.1) is 13.1 Å². The zero-order valence-electron chi connectivity index (χ0n) is 12.6. The number of aromatic nitrogens is 4. The molecule has 0 radical (unpaired) electrons. The largest absolute Gasteiger partial charge is 0.316 e. The van der Waals surface area contributed by atoms with Crippen LogP contribution in [0.3, 0.4) is 0 Å². The minimum Gasteiger partial charge on any atom is -0.316 e. The Bertz CT molecular complexity index is 660. The molecule has 2 aromatic rings. The van der Waals surface area contributed by atoms with Gasteiger partial charge in [0.1, 0.15) is 0 Å². The van der Waals surface area contributed by atoms with E-state index in [9.17, 15) is 0 Å². The minimum absolute atomic E-state index is 0.785. The van der Waals surface area contributed by atoms with E-state index in [4.69, 9.17) is 17.3 Å². The van der Waals surface area contributed by atoms with Crippen molar-refractivity contribution >= 4 is 12.2 Å². The molecule has 1 aliphatic heterocycles. The van der Waals surface area contributed by atoms with E-state index in [1.165, 1.54) is 25.9 Å². The van der Waals surface area contributed by atoms with E-state index < -0.39 is 0 Å². The molecule has 3 rings (SSSR count). The van der Waals surface area contributed by atoms with Crippen molar-refractivity contribution in [1.29, 1.82) is 0 Å². The zero-order valence-corrected chi connectivity index (χ0v) is 13.4. The number of hydrogen-bond donors (Lipinski definition) is 1. The van der Waals surface area contributed by atoms with E-state index in [1.54, 1.807) is 17.3 Å². The average molecular weight is 304 g/mol. The van der Waals surface area contributed by atoms with Crippen molar-refractivity contribution in [1.82, 2.24) is 19.3 Å². The van der Waals surface area contributed by atoms with Gasteiger partial charge in [-0.3, -0.25) is 4.98 Å². The second-order valence-electron chi connectivity index (χ2n) is 6.01. The maximum absolute atomic E-state index is 5.55. The zero-order chi connectivity index (χ0) is 14.8. The molecular weight excluding hydrogens is 282 g/mol. The van der Waals surface area contributed by atoms with Crippen LogP contribution in [0.15, 0.2) is 24.5 Å². The molecule has 0 aromatic carbocycles. The number of rotatable bonds is 3. The molecule has 0 aliphatic carbocycles. The second kappa shape index (κ2) is 6.07. The molecule has 0 amide bonds. The molecule has 2 atom stereocenters. The van der Waals surface area contributed by atoms with Crippen molar-refractivity contribution in [2.45, 2.75) is 26.4 Å². The Morgan fingerprint density at radius 3 is 2.86 bits per heavy atom. The predicted molar refractivity (Wildman–Crippen MR) is 84.4 cm³/mol. The first kappa shape index (κ1) is 14.4. The monoisotopic (exact) mass is 304 g/mol. The molecule has 112 valence electrons. The quantitative estimate of drug-likeness (QED) is 0.869. The van der Waals surface area contributed by atoms with Gasteiger partial charge in [-0.15, -0.1) is 5.10 Å². The van der Waals surface area contributed by atoms with E-state index in [1.807, 2.05) is 28.4 Å². The Morgan fingerprint density at radius 1 is 1.38 bits per heavy atom. The summed E-state index contributed by atoms with van der Waals surface area (Å²) in [6.45, 7) is 5.62. The summed E-state index contributed by atoms with van der Waals surface area (Å²) in [5.41, 5.74) is 1.05. The molecule has 3 heterocycles. The molecule has 1 fully saturated rings. The Morgan fingerprint density at radius 2 is 2.14 bits per heavy atom. The van der Waals surface area contributed by atoms with E-state index in [-0.39, 0.29) is 0 Å². The number of piperidine rings is 1. The first-order chi connectivity index (χ1) is 10.1. The normalized spacial score (nSPS) is 22.4. The number of pyridine rings is 1. The highest BCUT2D eigenvalue weighted by Gasteiger charge is 2.21. The highest BCUT2D eigenvalue weighted by atomic mass is 32.1. The summed E-state index contributed by atoms with van der Waals surface area (Å²) in [6, 6.07) is 3.94. The summed E-state index contributed by atoms with van der Waals surface area (Å²) in [6.07, 6.45) is 6.22. The second-order valence-corrected chi connectivity index (χ2v) is 6.38. The van der Waals surface area contributed by atoms with Crippen molar-refractivity contribution < 1.29 is 4.90 Å². The standard InChI is InChI=1S/C15H21N5S/c1-12-4-3-9-19(10-12)11-20-15(21)18(2)14(17-20)13-5-7-16-8-6-13/h5-8,12H,3-4,9-11H2,1-2H3/p+1/t12-/m1/s1. The fraction of sp³-hybridized carbons (Fsp3) is 0.533. The SMILES string of the molecule is C[C@@H]1CCC[NH+](Cn2nc(-c3ccncc3)n(C)c2=S)C1. The van der Waals surface area contributed by atoms with Crippen LogP contribution >= 0.6 is 12.2 Å². The van der Waals surface area contributed by atoms with Gasteiger partial charge in [-0.2, -0.15) is 4.68 Å². The Balaban J connectivity index is 1.85. The van der Waals surface area contributed by atoms with Gasteiger partial charge in [-0.25, -0.2) is 0 Å². The Labute approximate surface area is 130 Å². The molecular formula is C15H22N5S+. The lowest BCUT2D eigenvalue weighted by Crippen LogP contribution is -3.12. The summed E-state index contributed by atoms with van der Waals surface area (Å²) in [4.78, 5) is 5.63. The van der Waals surface area contributed by atoms with E-state index in [0.717, 1.165) is 28.7 Å². The lowest BCUT2D eigenvalue weighted by atomic mass is 10.0. The number of nitrogens with zero attached hydrogens (tertiary/aromatic N) is 4. The van der Waals surface area contributed by atoms with Crippen molar-refractivity contribution in [3.05, 3.63) is 29.3 Å². The van der Waals surface area contributed by atoms with Gasteiger partial charge in [0.25, 0.3) is 0 Å². The summed E-state index contributed by atoms with van der Waals surface area (Å²) < 4.78 is 4.74. The Hall–Kier alpha value is -1.53. The van der Waals surface area contributed by atoms with Crippen LogP contribution in [0.25, 0.3) is 11.4 Å². The third-order valence-corrected chi connectivity index (χ3v) is 4.70. The van der Waals surface area contributed by atoms with Crippen molar-refractivity contribution in [2.24, 2.45) is 13.0 Å². The number of likely N-dealkylation sites (tertiary alicyclic amines) is 1. The van der Waals surface area contributed by atoms with Crippen LogP contribution in [-0.4, -0.2) is 32.4 Å². The van der Waals surface area contributed by atoms with Gasteiger partial charge in [-0.05, 0) is 37.2 Å². The van der Waals surface area contributed by atoms with Gasteiger partial charge >= 0.3 is 0 Å². The van der Waals surface area contributed by atoms with Crippen LogP contribution in [0, 0.1) is 10.7 Å². The Kier molecular flexibility index (Phi) is 4.17. The third kappa shape index (κ3) is 3.06. The van der Waals surface area contributed by atoms with Gasteiger partial charge in [-0.1, -0.05) is 6.92 Å².